The molecule has 0 aromatic rings. The van der Waals surface area contributed by atoms with E-state index in [2.05, 4.69) is 6.92 Å². The molecule has 1 aliphatic rings. The van der Waals surface area contributed by atoms with Gasteiger partial charge in [0.1, 0.15) is 0 Å². The lowest BCUT2D eigenvalue weighted by molar-refractivity contribution is -0.143. The van der Waals surface area contributed by atoms with E-state index in [1.54, 1.807) is 11.8 Å². The highest BCUT2D eigenvalue weighted by Gasteiger charge is 2.34. The Morgan fingerprint density at radius 2 is 2.00 bits per heavy atom. The topological polar surface area (TPSA) is 57.6 Å². The predicted molar refractivity (Wildman–Crippen MR) is 65.6 cm³/mol. The van der Waals surface area contributed by atoms with Gasteiger partial charge >= 0.3 is 5.97 Å². The average Bonchev–Trinajstić information content (AvgIpc) is 3.10. The zero-order chi connectivity index (χ0) is 12.8. The molecular formula is C13H23NO3. The summed E-state index contributed by atoms with van der Waals surface area (Å²) in [5.74, 6) is -0.958. The van der Waals surface area contributed by atoms with E-state index in [-0.39, 0.29) is 11.8 Å². The van der Waals surface area contributed by atoms with Crippen LogP contribution in [-0.2, 0) is 9.59 Å². The summed E-state index contributed by atoms with van der Waals surface area (Å²) >= 11 is 0. The number of nitrogens with zero attached hydrogens (tertiary/aromatic N) is 1. The number of carbonyl (C=O) groups is 2. The fourth-order valence-electron chi connectivity index (χ4n) is 1.84. The van der Waals surface area contributed by atoms with E-state index in [1.165, 1.54) is 0 Å². The molecule has 1 rings (SSSR count). The van der Waals surface area contributed by atoms with Crippen molar-refractivity contribution in [3.63, 3.8) is 0 Å². The van der Waals surface area contributed by atoms with E-state index >= 15 is 0 Å². The van der Waals surface area contributed by atoms with Crippen LogP contribution in [0.2, 0.25) is 0 Å². The van der Waals surface area contributed by atoms with Crippen molar-refractivity contribution >= 4 is 11.9 Å². The quantitative estimate of drug-likeness (QED) is 0.662. The minimum absolute atomic E-state index is 0.161. The van der Waals surface area contributed by atoms with Crippen LogP contribution < -0.4 is 0 Å². The predicted octanol–water partition coefficient (Wildman–Crippen LogP) is 2.14. The molecule has 98 valence electrons. The van der Waals surface area contributed by atoms with Gasteiger partial charge in [-0.15, -0.1) is 0 Å². The Morgan fingerprint density at radius 3 is 2.47 bits per heavy atom. The molecule has 4 nitrogen and oxygen atoms in total. The highest BCUT2D eigenvalue weighted by Crippen LogP contribution is 2.31. The standard InChI is InChI=1S/C13H23NO3/c1-3-4-5-8-14(9-10(2)13(16)17)12(15)11-6-7-11/h10-11H,3-9H2,1-2H3,(H,16,17). The van der Waals surface area contributed by atoms with Crippen molar-refractivity contribution in [2.45, 2.75) is 46.0 Å². The number of carboxylic acid groups (broad SMARTS) is 1. The second kappa shape index (κ2) is 6.62. The van der Waals surface area contributed by atoms with Gasteiger partial charge in [-0.2, -0.15) is 0 Å². The molecule has 4 heteroatoms. The molecule has 1 aliphatic carbocycles. The summed E-state index contributed by atoms with van der Waals surface area (Å²) in [5.41, 5.74) is 0. The third-order valence-corrected chi connectivity index (χ3v) is 3.19. The first kappa shape index (κ1) is 14.0. The largest absolute Gasteiger partial charge is 0.481 e. The Balaban J connectivity index is 2.45. The number of hydrogen-bond donors (Lipinski definition) is 1. The molecule has 1 unspecified atom stereocenters. The second-order valence-corrected chi connectivity index (χ2v) is 5.00. The van der Waals surface area contributed by atoms with E-state index in [4.69, 9.17) is 5.11 Å². The molecule has 0 aromatic heterocycles. The Kier molecular flexibility index (Phi) is 5.45. The van der Waals surface area contributed by atoms with Crippen LogP contribution in [0.15, 0.2) is 0 Å². The van der Waals surface area contributed by atoms with E-state index < -0.39 is 11.9 Å². The smallest absolute Gasteiger partial charge is 0.308 e. The maximum absolute atomic E-state index is 12.0. The number of hydrogen-bond acceptors (Lipinski definition) is 2. The number of carbonyl (C=O) groups excluding carboxylic acids is 1. The highest BCUT2D eigenvalue weighted by molar-refractivity contribution is 5.81. The van der Waals surface area contributed by atoms with Gasteiger partial charge in [-0.25, -0.2) is 0 Å². The van der Waals surface area contributed by atoms with Gasteiger partial charge < -0.3 is 10.0 Å². The van der Waals surface area contributed by atoms with Crippen LogP contribution in [0, 0.1) is 11.8 Å². The van der Waals surface area contributed by atoms with Crippen LogP contribution in [0.25, 0.3) is 0 Å². The molecule has 17 heavy (non-hydrogen) atoms. The van der Waals surface area contributed by atoms with Gasteiger partial charge in [0, 0.05) is 19.0 Å². The number of unbranched alkanes of at least 4 members (excludes halogenated alkanes) is 2. The zero-order valence-corrected chi connectivity index (χ0v) is 10.8. The monoisotopic (exact) mass is 241 g/mol. The summed E-state index contributed by atoms with van der Waals surface area (Å²) in [6.45, 7) is 4.84. The Bertz CT molecular complexity index is 274. The summed E-state index contributed by atoms with van der Waals surface area (Å²) in [5, 5.41) is 8.90. The third kappa shape index (κ3) is 4.75. The van der Waals surface area contributed by atoms with E-state index in [1.807, 2.05) is 0 Å². The van der Waals surface area contributed by atoms with Crippen molar-refractivity contribution in [3.05, 3.63) is 0 Å². The van der Waals surface area contributed by atoms with Gasteiger partial charge in [0.05, 0.1) is 5.92 Å². The Morgan fingerprint density at radius 1 is 1.35 bits per heavy atom. The molecule has 0 aliphatic heterocycles. The van der Waals surface area contributed by atoms with Crippen molar-refractivity contribution in [2.24, 2.45) is 11.8 Å². The average molecular weight is 241 g/mol. The first-order chi connectivity index (χ1) is 8.06. The first-order valence-electron chi connectivity index (χ1n) is 6.57. The van der Waals surface area contributed by atoms with Gasteiger partial charge in [0.2, 0.25) is 5.91 Å². The molecule has 1 atom stereocenters. The molecule has 1 saturated carbocycles. The zero-order valence-electron chi connectivity index (χ0n) is 10.8. The molecule has 1 fully saturated rings. The summed E-state index contributed by atoms with van der Waals surface area (Å²) in [4.78, 5) is 24.6. The number of amides is 1. The molecule has 0 saturated heterocycles. The van der Waals surface area contributed by atoms with E-state index in [0.29, 0.717) is 13.1 Å². The lowest BCUT2D eigenvalue weighted by atomic mass is 10.1. The molecular weight excluding hydrogens is 218 g/mol. The summed E-state index contributed by atoms with van der Waals surface area (Å²) in [6.07, 6.45) is 5.13. The number of rotatable bonds is 8. The van der Waals surface area contributed by atoms with Crippen molar-refractivity contribution in [3.8, 4) is 0 Å². The fourth-order valence-corrected chi connectivity index (χ4v) is 1.84. The van der Waals surface area contributed by atoms with Gasteiger partial charge in [0.25, 0.3) is 0 Å². The molecule has 0 spiro atoms. The van der Waals surface area contributed by atoms with Gasteiger partial charge in [-0.1, -0.05) is 26.7 Å². The molecule has 1 amide bonds. The SMILES string of the molecule is CCCCCN(CC(C)C(=O)O)C(=O)C1CC1. The van der Waals surface area contributed by atoms with Crippen molar-refractivity contribution < 1.29 is 14.7 Å². The van der Waals surface area contributed by atoms with Crippen molar-refractivity contribution in [1.82, 2.24) is 4.90 Å². The van der Waals surface area contributed by atoms with Crippen LogP contribution in [0.3, 0.4) is 0 Å². The Hall–Kier alpha value is -1.06. The summed E-state index contributed by atoms with van der Waals surface area (Å²) in [7, 11) is 0. The minimum Gasteiger partial charge on any atom is -0.481 e. The third-order valence-electron chi connectivity index (χ3n) is 3.19. The van der Waals surface area contributed by atoms with Crippen LogP contribution in [0.1, 0.15) is 46.0 Å². The number of aliphatic carboxylic acids is 1. The lowest BCUT2D eigenvalue weighted by Crippen LogP contribution is -2.38. The maximum atomic E-state index is 12.0. The molecule has 1 N–H and O–H groups in total. The maximum Gasteiger partial charge on any atom is 0.308 e. The lowest BCUT2D eigenvalue weighted by Gasteiger charge is -2.24. The molecule has 0 bridgehead atoms. The van der Waals surface area contributed by atoms with Crippen molar-refractivity contribution in [2.75, 3.05) is 13.1 Å². The summed E-state index contributed by atoms with van der Waals surface area (Å²) < 4.78 is 0. The highest BCUT2D eigenvalue weighted by atomic mass is 16.4. The van der Waals surface area contributed by atoms with Crippen LogP contribution in [0.4, 0.5) is 0 Å². The molecule has 0 aromatic carbocycles. The van der Waals surface area contributed by atoms with Crippen LogP contribution in [0.5, 0.6) is 0 Å². The minimum atomic E-state index is -0.825. The van der Waals surface area contributed by atoms with Crippen LogP contribution >= 0.6 is 0 Å². The van der Waals surface area contributed by atoms with Gasteiger partial charge in [-0.3, -0.25) is 9.59 Å². The molecule has 0 heterocycles. The van der Waals surface area contributed by atoms with Gasteiger partial charge in [-0.05, 0) is 19.3 Å². The second-order valence-electron chi connectivity index (χ2n) is 5.00. The number of carboxylic acids is 1. The normalized spacial score (nSPS) is 16.6. The Labute approximate surface area is 103 Å². The van der Waals surface area contributed by atoms with Gasteiger partial charge in [0.15, 0.2) is 0 Å². The first-order valence-corrected chi connectivity index (χ1v) is 6.57. The molecule has 0 radical (unpaired) electrons. The summed E-state index contributed by atoms with van der Waals surface area (Å²) in [6, 6.07) is 0. The van der Waals surface area contributed by atoms with E-state index in [0.717, 1.165) is 32.1 Å². The van der Waals surface area contributed by atoms with E-state index in [9.17, 15) is 9.59 Å². The fraction of sp³-hybridized carbons (Fsp3) is 0.846. The van der Waals surface area contributed by atoms with Crippen LogP contribution in [-0.4, -0.2) is 35.0 Å². The van der Waals surface area contributed by atoms with Crippen molar-refractivity contribution in [1.29, 1.82) is 0 Å².